The predicted octanol–water partition coefficient (Wildman–Crippen LogP) is 0.298. The number of hydrogen-bond acceptors (Lipinski definition) is 5. The first kappa shape index (κ1) is 11.1. The third-order valence-corrected chi connectivity index (χ3v) is 2.78. The van der Waals surface area contributed by atoms with Gasteiger partial charge in [-0.2, -0.15) is 0 Å². The minimum absolute atomic E-state index is 0.302. The first-order valence-corrected chi connectivity index (χ1v) is 5.53. The Bertz CT molecular complexity index is 382. The van der Waals surface area contributed by atoms with Crippen molar-refractivity contribution in [2.24, 2.45) is 0 Å². The van der Waals surface area contributed by atoms with Gasteiger partial charge in [-0.05, 0) is 26.8 Å². The smallest absolute Gasteiger partial charge is 0.360 e. The number of esters is 1. The first-order valence-electron chi connectivity index (χ1n) is 5.53. The van der Waals surface area contributed by atoms with E-state index >= 15 is 0 Å². The van der Waals surface area contributed by atoms with E-state index in [9.17, 15) is 4.79 Å². The molecule has 0 aliphatic carbocycles. The zero-order valence-corrected chi connectivity index (χ0v) is 9.56. The van der Waals surface area contributed by atoms with Crippen LogP contribution in [0.4, 0.5) is 0 Å². The third-order valence-electron chi connectivity index (χ3n) is 2.78. The zero-order chi connectivity index (χ0) is 11.5. The first-order chi connectivity index (χ1) is 7.74. The molecule has 1 fully saturated rings. The van der Waals surface area contributed by atoms with Gasteiger partial charge in [0.15, 0.2) is 5.69 Å². The van der Waals surface area contributed by atoms with Crippen molar-refractivity contribution in [2.75, 3.05) is 19.7 Å². The maximum atomic E-state index is 11.5. The van der Waals surface area contributed by atoms with Crippen LogP contribution in [0.3, 0.4) is 0 Å². The molecule has 88 valence electrons. The number of carbonyl (C=O) groups excluding carboxylic acids is 1. The molecule has 0 aromatic carbocycles. The van der Waals surface area contributed by atoms with E-state index in [0.717, 1.165) is 25.2 Å². The van der Waals surface area contributed by atoms with Gasteiger partial charge in [0.2, 0.25) is 0 Å². The highest BCUT2D eigenvalue weighted by molar-refractivity contribution is 5.88. The van der Waals surface area contributed by atoms with Crippen molar-refractivity contribution in [1.29, 1.82) is 0 Å². The van der Waals surface area contributed by atoms with E-state index in [1.165, 1.54) is 0 Å². The van der Waals surface area contributed by atoms with E-state index in [1.54, 1.807) is 6.92 Å². The lowest BCUT2D eigenvalue weighted by Crippen LogP contribution is -2.16. The van der Waals surface area contributed by atoms with Crippen LogP contribution in [0.25, 0.3) is 0 Å². The average molecular weight is 224 g/mol. The normalized spacial score (nSPS) is 20.0. The quantitative estimate of drug-likeness (QED) is 0.748. The lowest BCUT2D eigenvalue weighted by molar-refractivity contribution is 0.0518. The molecule has 16 heavy (non-hydrogen) atoms. The van der Waals surface area contributed by atoms with Gasteiger partial charge in [-0.3, -0.25) is 0 Å². The Morgan fingerprint density at radius 2 is 2.50 bits per heavy atom. The van der Waals surface area contributed by atoms with Gasteiger partial charge in [0.1, 0.15) is 0 Å². The molecule has 1 aromatic rings. The number of aromatic nitrogens is 3. The van der Waals surface area contributed by atoms with Gasteiger partial charge in [0.05, 0.1) is 18.3 Å². The van der Waals surface area contributed by atoms with Gasteiger partial charge in [-0.15, -0.1) is 5.10 Å². The Morgan fingerprint density at radius 3 is 3.12 bits per heavy atom. The fourth-order valence-electron chi connectivity index (χ4n) is 1.92. The fraction of sp³-hybridized carbons (Fsp3) is 0.700. The van der Waals surface area contributed by atoms with Crippen molar-refractivity contribution >= 4 is 5.97 Å². The van der Waals surface area contributed by atoms with Crippen molar-refractivity contribution in [3.63, 3.8) is 0 Å². The van der Waals surface area contributed by atoms with Gasteiger partial charge in [-0.25, -0.2) is 9.48 Å². The standard InChI is InChI=1S/C10H16N4O2/c1-3-16-10(15)9-7(2)14(13-12-9)8-4-5-11-6-8/h8,11H,3-6H2,1-2H3. The average Bonchev–Trinajstić information content (AvgIpc) is 2.86. The van der Waals surface area contributed by atoms with Crippen LogP contribution in [0.15, 0.2) is 0 Å². The highest BCUT2D eigenvalue weighted by Gasteiger charge is 2.24. The summed E-state index contributed by atoms with van der Waals surface area (Å²) in [7, 11) is 0. The van der Waals surface area contributed by atoms with E-state index in [0.29, 0.717) is 18.3 Å². The predicted molar refractivity (Wildman–Crippen MR) is 57.2 cm³/mol. The summed E-state index contributed by atoms with van der Waals surface area (Å²) in [4.78, 5) is 11.5. The molecule has 1 atom stereocenters. The molecular weight excluding hydrogens is 208 g/mol. The van der Waals surface area contributed by atoms with E-state index in [-0.39, 0.29) is 0 Å². The van der Waals surface area contributed by atoms with Crippen LogP contribution in [0, 0.1) is 6.92 Å². The fourth-order valence-corrected chi connectivity index (χ4v) is 1.92. The number of nitrogens with zero attached hydrogens (tertiary/aromatic N) is 3. The number of nitrogens with one attached hydrogen (secondary N) is 1. The van der Waals surface area contributed by atoms with Crippen molar-refractivity contribution in [1.82, 2.24) is 20.3 Å². The van der Waals surface area contributed by atoms with Gasteiger partial charge in [0, 0.05) is 6.54 Å². The summed E-state index contributed by atoms with van der Waals surface area (Å²) < 4.78 is 6.73. The number of rotatable bonds is 3. The molecule has 2 heterocycles. The Balaban J connectivity index is 2.19. The Labute approximate surface area is 94.0 Å². The van der Waals surface area contributed by atoms with Gasteiger partial charge < -0.3 is 10.1 Å². The minimum atomic E-state index is -0.391. The molecule has 1 aliphatic heterocycles. The molecule has 0 saturated carbocycles. The molecule has 0 amide bonds. The van der Waals surface area contributed by atoms with Crippen molar-refractivity contribution < 1.29 is 9.53 Å². The topological polar surface area (TPSA) is 69.0 Å². The van der Waals surface area contributed by atoms with Crippen molar-refractivity contribution in [2.45, 2.75) is 26.3 Å². The largest absolute Gasteiger partial charge is 0.461 e. The SMILES string of the molecule is CCOC(=O)c1nnn(C2CCNC2)c1C. The zero-order valence-electron chi connectivity index (χ0n) is 9.56. The van der Waals surface area contributed by atoms with Crippen LogP contribution in [0.2, 0.25) is 0 Å². The van der Waals surface area contributed by atoms with E-state index in [4.69, 9.17) is 4.74 Å². The summed E-state index contributed by atoms with van der Waals surface area (Å²) in [6.45, 7) is 5.85. The maximum Gasteiger partial charge on any atom is 0.360 e. The van der Waals surface area contributed by atoms with E-state index < -0.39 is 5.97 Å². The molecule has 6 nitrogen and oxygen atoms in total. The molecule has 6 heteroatoms. The van der Waals surface area contributed by atoms with Crippen LogP contribution in [-0.2, 0) is 4.74 Å². The summed E-state index contributed by atoms with van der Waals surface area (Å²) in [6, 6.07) is 0.302. The van der Waals surface area contributed by atoms with E-state index in [1.807, 2.05) is 11.6 Å². The Hall–Kier alpha value is -1.43. The molecule has 1 N–H and O–H groups in total. The summed E-state index contributed by atoms with van der Waals surface area (Å²) >= 11 is 0. The van der Waals surface area contributed by atoms with Crippen LogP contribution >= 0.6 is 0 Å². The maximum absolute atomic E-state index is 11.5. The molecular formula is C10H16N4O2. The second kappa shape index (κ2) is 4.61. The minimum Gasteiger partial charge on any atom is -0.461 e. The molecule has 0 spiro atoms. The third kappa shape index (κ3) is 1.92. The van der Waals surface area contributed by atoms with E-state index in [2.05, 4.69) is 15.6 Å². The van der Waals surface area contributed by atoms with Crippen molar-refractivity contribution in [3.8, 4) is 0 Å². The monoisotopic (exact) mass is 224 g/mol. The summed E-state index contributed by atoms with van der Waals surface area (Å²) in [5.74, 6) is -0.391. The van der Waals surface area contributed by atoms with Gasteiger partial charge in [-0.1, -0.05) is 5.21 Å². The molecule has 1 aromatic heterocycles. The number of carbonyl (C=O) groups is 1. The number of hydrogen-bond donors (Lipinski definition) is 1. The molecule has 1 unspecified atom stereocenters. The van der Waals surface area contributed by atoms with Crippen LogP contribution in [0.1, 0.15) is 35.6 Å². The van der Waals surface area contributed by atoms with Crippen molar-refractivity contribution in [3.05, 3.63) is 11.4 Å². The molecule has 0 radical (unpaired) electrons. The molecule has 1 aliphatic rings. The Morgan fingerprint density at radius 1 is 1.69 bits per heavy atom. The lowest BCUT2D eigenvalue weighted by atomic mass is 10.2. The molecule has 0 bridgehead atoms. The van der Waals surface area contributed by atoms with Crippen LogP contribution < -0.4 is 5.32 Å². The summed E-state index contributed by atoms with van der Waals surface area (Å²) in [5.41, 5.74) is 1.11. The Kier molecular flexibility index (Phi) is 3.19. The second-order valence-electron chi connectivity index (χ2n) is 3.84. The molecule has 2 rings (SSSR count). The second-order valence-corrected chi connectivity index (χ2v) is 3.84. The summed E-state index contributed by atoms with van der Waals surface area (Å²) in [5, 5.41) is 11.2. The van der Waals surface area contributed by atoms with Gasteiger partial charge in [0.25, 0.3) is 0 Å². The number of ether oxygens (including phenoxy) is 1. The molecule has 1 saturated heterocycles. The highest BCUT2D eigenvalue weighted by atomic mass is 16.5. The van der Waals surface area contributed by atoms with Gasteiger partial charge >= 0.3 is 5.97 Å². The highest BCUT2D eigenvalue weighted by Crippen LogP contribution is 2.17. The summed E-state index contributed by atoms with van der Waals surface area (Å²) in [6.07, 6.45) is 1.02. The van der Waals surface area contributed by atoms with Crippen LogP contribution in [-0.4, -0.2) is 40.7 Å². The van der Waals surface area contributed by atoms with Crippen LogP contribution in [0.5, 0.6) is 0 Å². The lowest BCUT2D eigenvalue weighted by Gasteiger charge is -2.09.